The van der Waals surface area contributed by atoms with Gasteiger partial charge < -0.3 is 0 Å². The van der Waals surface area contributed by atoms with E-state index in [2.05, 4.69) is 78.9 Å². The summed E-state index contributed by atoms with van der Waals surface area (Å²) in [6.07, 6.45) is 0. The smallest absolute Gasteiger partial charge is 0.0901 e. The first-order valence-electron chi connectivity index (χ1n) is 7.51. The molecular formula is C18H15F6PS2. The standard InChI is InChI=1S/C18H14S2.F6P/c1-3-7-15(8-4-1)19-17-11-13-18(14-12-17)20-16-9-5-2-6-10-16;1-7(2,3,4,5)6/h1-14H;/q;-1/p+1. The topological polar surface area (TPSA) is 0 Å². The molecule has 0 aromatic heterocycles. The molecule has 3 aromatic rings. The minimum absolute atomic E-state index is 1.26. The van der Waals surface area contributed by atoms with E-state index in [-0.39, 0.29) is 0 Å². The number of thiol groups is 1. The first-order valence-corrected chi connectivity index (χ1v) is 11.3. The maximum atomic E-state index is 9.87. The molecule has 0 fully saturated rings. The average Bonchev–Trinajstić information content (AvgIpc) is 2.56. The van der Waals surface area contributed by atoms with Gasteiger partial charge in [-0.05, 0) is 48.5 Å². The second kappa shape index (κ2) is 7.78. The Morgan fingerprint density at radius 1 is 0.519 bits per heavy atom. The SMILES string of the molecule is F[P-](F)(F)(F)(F)F.c1ccc(Sc2ccc([SH+]c3ccccc3)cc2)cc1. The van der Waals surface area contributed by atoms with Gasteiger partial charge in [-0.25, -0.2) is 0 Å². The van der Waals surface area contributed by atoms with E-state index in [0.29, 0.717) is 0 Å². The quantitative estimate of drug-likeness (QED) is 0.170. The molecule has 0 unspecified atom stereocenters. The Balaban J connectivity index is 0.000000321. The van der Waals surface area contributed by atoms with E-state index in [4.69, 9.17) is 0 Å². The molecule has 3 rings (SSSR count). The van der Waals surface area contributed by atoms with Crippen molar-refractivity contribution >= 4 is 31.3 Å². The van der Waals surface area contributed by atoms with Gasteiger partial charge in [0.1, 0.15) is 0 Å². The fraction of sp³-hybridized carbons (Fsp3) is 0. The number of hydrogen-bond donors (Lipinski definition) is 0. The van der Waals surface area contributed by atoms with Gasteiger partial charge in [0, 0.05) is 21.6 Å². The molecule has 0 aliphatic carbocycles. The van der Waals surface area contributed by atoms with Crippen LogP contribution in [0.15, 0.2) is 105 Å². The van der Waals surface area contributed by atoms with E-state index in [1.54, 1.807) is 11.8 Å². The maximum Gasteiger partial charge on any atom is 0.158 e. The molecule has 0 N–H and O–H groups in total. The molecule has 0 bridgehead atoms. The third-order valence-electron chi connectivity index (χ3n) is 2.83. The van der Waals surface area contributed by atoms with Crippen molar-refractivity contribution in [2.75, 3.05) is 0 Å². The Bertz CT molecular complexity index is 780. The van der Waals surface area contributed by atoms with Gasteiger partial charge in [-0.2, -0.15) is 0 Å². The van der Waals surface area contributed by atoms with E-state index in [1.165, 1.54) is 31.3 Å². The molecular weight excluding hydrogens is 425 g/mol. The summed E-state index contributed by atoms with van der Waals surface area (Å²) in [6, 6.07) is 29.8. The Kier molecular flexibility index (Phi) is 6.24. The van der Waals surface area contributed by atoms with Crippen molar-refractivity contribution in [3.05, 3.63) is 84.9 Å². The van der Waals surface area contributed by atoms with E-state index in [0.717, 1.165) is 0 Å². The van der Waals surface area contributed by atoms with Crippen LogP contribution < -0.4 is 0 Å². The van der Waals surface area contributed by atoms with Crippen LogP contribution in [0.3, 0.4) is 0 Å². The number of hydrogen-bond acceptors (Lipinski definition) is 1. The summed E-state index contributed by atoms with van der Waals surface area (Å²) < 4.78 is 59.2. The van der Waals surface area contributed by atoms with Crippen molar-refractivity contribution in [2.45, 2.75) is 19.6 Å². The monoisotopic (exact) mass is 440 g/mol. The molecule has 0 aliphatic rings. The molecule has 0 heterocycles. The van der Waals surface area contributed by atoms with Crippen LogP contribution in [-0.4, -0.2) is 0 Å². The second-order valence-corrected chi connectivity index (χ2v) is 9.63. The zero-order valence-electron chi connectivity index (χ0n) is 13.7. The predicted molar refractivity (Wildman–Crippen MR) is 102 cm³/mol. The van der Waals surface area contributed by atoms with Crippen LogP contribution in [-0.2, 0) is 11.8 Å². The summed E-state index contributed by atoms with van der Waals surface area (Å²) in [7, 11) is -10.7. The van der Waals surface area contributed by atoms with Crippen LogP contribution in [0.5, 0.6) is 0 Å². The zero-order valence-corrected chi connectivity index (χ0v) is 16.3. The first-order chi connectivity index (χ1) is 12.3. The summed E-state index contributed by atoms with van der Waals surface area (Å²) in [6.45, 7) is 0. The van der Waals surface area contributed by atoms with Gasteiger partial charge in [-0.1, -0.05) is 48.2 Å². The van der Waals surface area contributed by atoms with Crippen LogP contribution in [0, 0.1) is 0 Å². The third-order valence-corrected chi connectivity index (χ3v) is 4.96. The summed E-state index contributed by atoms with van der Waals surface area (Å²) in [4.78, 5) is 5.22. The van der Waals surface area contributed by atoms with Crippen molar-refractivity contribution < 1.29 is 25.2 Å². The van der Waals surface area contributed by atoms with E-state index in [1.807, 2.05) is 6.07 Å². The van der Waals surface area contributed by atoms with Gasteiger partial charge in [-0.15, -0.1) is 0 Å². The number of benzene rings is 3. The molecule has 146 valence electrons. The van der Waals surface area contributed by atoms with E-state index in [9.17, 15) is 25.2 Å². The van der Waals surface area contributed by atoms with Crippen molar-refractivity contribution in [2.24, 2.45) is 0 Å². The Labute approximate surface area is 161 Å². The van der Waals surface area contributed by atoms with Crippen LogP contribution >= 0.6 is 19.6 Å². The zero-order chi connectivity index (χ0) is 20.0. The summed E-state index contributed by atoms with van der Waals surface area (Å²) in [5.74, 6) is 0. The molecule has 0 spiro atoms. The Hall–Kier alpha value is -1.63. The predicted octanol–water partition coefficient (Wildman–Crippen LogP) is 8.45. The molecule has 0 nitrogen and oxygen atoms in total. The Morgan fingerprint density at radius 3 is 1.37 bits per heavy atom. The largest absolute Gasteiger partial charge is 0.158 e. The third kappa shape index (κ3) is 11.6. The molecule has 0 atom stereocenters. The van der Waals surface area contributed by atoms with Gasteiger partial charge in [0.05, 0.1) is 0 Å². The van der Waals surface area contributed by atoms with Crippen LogP contribution in [0.4, 0.5) is 25.2 Å². The molecule has 0 saturated carbocycles. The van der Waals surface area contributed by atoms with Crippen LogP contribution in [0.25, 0.3) is 0 Å². The van der Waals surface area contributed by atoms with Gasteiger partial charge in [0.2, 0.25) is 0 Å². The molecule has 0 amide bonds. The fourth-order valence-corrected chi connectivity index (χ4v) is 3.62. The van der Waals surface area contributed by atoms with Crippen LogP contribution in [0.1, 0.15) is 0 Å². The number of rotatable bonds is 4. The molecule has 3 aromatic carbocycles. The summed E-state index contributed by atoms with van der Waals surface area (Å²) in [5.41, 5.74) is 0. The van der Waals surface area contributed by atoms with Gasteiger partial charge in [0.15, 0.2) is 9.79 Å². The van der Waals surface area contributed by atoms with Gasteiger partial charge >= 0.3 is 33.0 Å². The maximum absolute atomic E-state index is 10.7. The van der Waals surface area contributed by atoms with Crippen molar-refractivity contribution in [1.82, 2.24) is 0 Å². The van der Waals surface area contributed by atoms with Crippen molar-refractivity contribution in [1.29, 1.82) is 0 Å². The summed E-state index contributed by atoms with van der Waals surface area (Å²) in [5, 5.41) is 0. The number of halogens is 6. The van der Waals surface area contributed by atoms with Crippen molar-refractivity contribution in [3.8, 4) is 0 Å². The van der Waals surface area contributed by atoms with Crippen molar-refractivity contribution in [3.63, 3.8) is 0 Å². The summed E-state index contributed by atoms with van der Waals surface area (Å²) >= 11 is 3.06. The molecule has 0 aliphatic heterocycles. The first kappa shape index (κ1) is 21.7. The minimum atomic E-state index is -10.7. The second-order valence-electron chi connectivity index (χ2n) is 5.31. The Morgan fingerprint density at radius 2 is 0.889 bits per heavy atom. The molecule has 27 heavy (non-hydrogen) atoms. The molecule has 0 radical (unpaired) electrons. The van der Waals surface area contributed by atoms with E-state index >= 15 is 0 Å². The van der Waals surface area contributed by atoms with Gasteiger partial charge in [0.25, 0.3) is 0 Å². The van der Waals surface area contributed by atoms with Crippen LogP contribution in [0.2, 0.25) is 0 Å². The fourth-order valence-electron chi connectivity index (χ4n) is 1.86. The molecule has 0 saturated heterocycles. The normalized spacial score (nSPS) is 13.7. The molecule has 9 heteroatoms. The van der Waals surface area contributed by atoms with E-state index < -0.39 is 7.81 Å². The average molecular weight is 440 g/mol. The van der Waals surface area contributed by atoms with Gasteiger partial charge in [-0.3, -0.25) is 0 Å². The minimum Gasteiger partial charge on any atom is -0.0901 e.